The van der Waals surface area contributed by atoms with Crippen LogP contribution < -0.4 is 0 Å². The van der Waals surface area contributed by atoms with Gasteiger partial charge in [-0.1, -0.05) is 30.3 Å². The van der Waals surface area contributed by atoms with Gasteiger partial charge in [-0.2, -0.15) is 0 Å². The van der Waals surface area contributed by atoms with Gasteiger partial charge in [0.15, 0.2) is 0 Å². The Labute approximate surface area is 116 Å². The topological polar surface area (TPSA) is 87.1 Å². The molecule has 20 heavy (non-hydrogen) atoms. The summed E-state index contributed by atoms with van der Waals surface area (Å²) in [6.07, 6.45) is -0.942. The average molecular weight is 279 g/mol. The summed E-state index contributed by atoms with van der Waals surface area (Å²) >= 11 is 0. The second-order valence-corrected chi connectivity index (χ2v) is 4.77. The SMILES string of the molecule is O=C(O)[C@@H]1C[C@H](O)CCN1C(=O)OCc1ccccc1. The zero-order valence-corrected chi connectivity index (χ0v) is 10.9. The number of carboxylic acids is 1. The van der Waals surface area contributed by atoms with Gasteiger partial charge in [-0.15, -0.1) is 0 Å². The Hall–Kier alpha value is -2.08. The first-order chi connectivity index (χ1) is 9.58. The molecule has 1 aliphatic heterocycles. The minimum atomic E-state index is -1.12. The first-order valence-corrected chi connectivity index (χ1v) is 6.46. The summed E-state index contributed by atoms with van der Waals surface area (Å²) in [6, 6.07) is 8.14. The second-order valence-electron chi connectivity index (χ2n) is 4.77. The maximum absolute atomic E-state index is 12.0. The lowest BCUT2D eigenvalue weighted by Gasteiger charge is -2.34. The first-order valence-electron chi connectivity index (χ1n) is 6.46. The van der Waals surface area contributed by atoms with E-state index in [1.165, 1.54) is 0 Å². The van der Waals surface area contributed by atoms with Crippen LogP contribution in [0.5, 0.6) is 0 Å². The van der Waals surface area contributed by atoms with Gasteiger partial charge in [-0.3, -0.25) is 4.90 Å². The molecular weight excluding hydrogens is 262 g/mol. The molecule has 6 heteroatoms. The minimum absolute atomic E-state index is 0.0375. The summed E-state index contributed by atoms with van der Waals surface area (Å²) in [6.45, 7) is 0.289. The van der Waals surface area contributed by atoms with Gasteiger partial charge in [0.05, 0.1) is 6.10 Å². The molecule has 0 radical (unpaired) electrons. The summed E-state index contributed by atoms with van der Waals surface area (Å²) in [7, 11) is 0. The van der Waals surface area contributed by atoms with Gasteiger partial charge in [-0.25, -0.2) is 9.59 Å². The molecule has 0 unspecified atom stereocenters. The molecule has 1 aromatic carbocycles. The molecule has 0 saturated carbocycles. The number of aliphatic hydroxyl groups excluding tert-OH is 1. The number of likely N-dealkylation sites (tertiary alicyclic amines) is 1. The third-order valence-electron chi connectivity index (χ3n) is 3.30. The van der Waals surface area contributed by atoms with Crippen LogP contribution in [0.25, 0.3) is 0 Å². The Morgan fingerprint density at radius 3 is 2.65 bits per heavy atom. The van der Waals surface area contributed by atoms with Crippen LogP contribution in [0.2, 0.25) is 0 Å². The standard InChI is InChI=1S/C14H17NO5/c16-11-6-7-15(12(8-11)13(17)18)14(19)20-9-10-4-2-1-3-5-10/h1-5,11-12,16H,6-9H2,(H,17,18)/t11-,12+/m1/s1. The van der Waals surface area contributed by atoms with Crippen molar-refractivity contribution in [2.45, 2.75) is 31.6 Å². The van der Waals surface area contributed by atoms with Crippen molar-refractivity contribution in [3.63, 3.8) is 0 Å². The number of ether oxygens (including phenoxy) is 1. The number of hydrogen-bond acceptors (Lipinski definition) is 4. The quantitative estimate of drug-likeness (QED) is 0.869. The number of carbonyl (C=O) groups is 2. The van der Waals surface area contributed by atoms with Gasteiger partial charge < -0.3 is 14.9 Å². The molecule has 0 spiro atoms. The molecule has 2 rings (SSSR count). The van der Waals surface area contributed by atoms with Gasteiger partial charge in [0.25, 0.3) is 0 Å². The number of benzene rings is 1. The molecule has 1 amide bonds. The van der Waals surface area contributed by atoms with Crippen molar-refractivity contribution in [2.75, 3.05) is 6.54 Å². The smallest absolute Gasteiger partial charge is 0.410 e. The predicted octanol–water partition coefficient (Wildman–Crippen LogP) is 1.23. The van der Waals surface area contributed by atoms with E-state index in [0.717, 1.165) is 10.5 Å². The zero-order valence-electron chi connectivity index (χ0n) is 10.9. The summed E-state index contributed by atoms with van der Waals surface area (Å²) in [4.78, 5) is 24.2. The highest BCUT2D eigenvalue weighted by atomic mass is 16.6. The molecule has 0 aromatic heterocycles. The Kier molecular flexibility index (Phi) is 4.57. The van der Waals surface area contributed by atoms with E-state index >= 15 is 0 Å². The summed E-state index contributed by atoms with van der Waals surface area (Å²) in [5.41, 5.74) is 0.838. The number of carbonyl (C=O) groups excluding carboxylic acids is 1. The number of aliphatic hydroxyl groups is 1. The molecule has 2 N–H and O–H groups in total. The Bertz CT molecular complexity index is 476. The normalized spacial score (nSPS) is 22.4. The zero-order chi connectivity index (χ0) is 14.5. The molecule has 1 fully saturated rings. The third-order valence-corrected chi connectivity index (χ3v) is 3.30. The number of aliphatic carboxylic acids is 1. The molecule has 2 atom stereocenters. The van der Waals surface area contributed by atoms with Crippen LogP contribution >= 0.6 is 0 Å². The van der Waals surface area contributed by atoms with Crippen LogP contribution in [0, 0.1) is 0 Å². The van der Waals surface area contributed by atoms with Crippen LogP contribution in [-0.4, -0.2) is 45.9 Å². The lowest BCUT2D eigenvalue weighted by Crippen LogP contribution is -2.51. The van der Waals surface area contributed by atoms with Crippen molar-refractivity contribution in [3.05, 3.63) is 35.9 Å². The van der Waals surface area contributed by atoms with Gasteiger partial charge in [0, 0.05) is 13.0 Å². The largest absolute Gasteiger partial charge is 0.480 e. The van der Waals surface area contributed by atoms with Crippen LogP contribution in [0.4, 0.5) is 4.79 Å². The molecule has 0 aliphatic carbocycles. The fraction of sp³-hybridized carbons (Fsp3) is 0.429. The highest BCUT2D eigenvalue weighted by Gasteiger charge is 2.36. The first kappa shape index (κ1) is 14.3. The Morgan fingerprint density at radius 1 is 1.30 bits per heavy atom. The summed E-state index contributed by atoms with van der Waals surface area (Å²) in [5, 5.41) is 18.6. The molecule has 0 bridgehead atoms. The number of carboxylic acid groups (broad SMARTS) is 1. The monoisotopic (exact) mass is 279 g/mol. The highest BCUT2D eigenvalue weighted by molar-refractivity contribution is 5.80. The predicted molar refractivity (Wildman–Crippen MR) is 70.0 cm³/mol. The maximum Gasteiger partial charge on any atom is 0.410 e. The van der Waals surface area contributed by atoms with Gasteiger partial charge >= 0.3 is 12.1 Å². The van der Waals surface area contributed by atoms with Crippen molar-refractivity contribution < 1.29 is 24.5 Å². The molecule has 1 aliphatic rings. The van der Waals surface area contributed by atoms with E-state index < -0.39 is 24.2 Å². The van der Waals surface area contributed by atoms with Crippen molar-refractivity contribution >= 4 is 12.1 Å². The lowest BCUT2D eigenvalue weighted by atomic mass is 10.0. The molecule has 1 aromatic rings. The molecular formula is C14H17NO5. The van der Waals surface area contributed by atoms with E-state index in [2.05, 4.69) is 0 Å². The maximum atomic E-state index is 12.0. The average Bonchev–Trinajstić information content (AvgIpc) is 2.45. The van der Waals surface area contributed by atoms with E-state index in [0.29, 0.717) is 6.42 Å². The molecule has 108 valence electrons. The van der Waals surface area contributed by atoms with Gasteiger partial charge in [-0.05, 0) is 12.0 Å². The van der Waals surface area contributed by atoms with E-state index in [-0.39, 0.29) is 19.6 Å². The van der Waals surface area contributed by atoms with Crippen LogP contribution in [0.1, 0.15) is 18.4 Å². The Morgan fingerprint density at radius 2 is 2.00 bits per heavy atom. The third kappa shape index (κ3) is 3.48. The van der Waals surface area contributed by atoms with Crippen molar-refractivity contribution in [1.82, 2.24) is 4.90 Å². The lowest BCUT2D eigenvalue weighted by molar-refractivity contribution is -0.145. The molecule has 6 nitrogen and oxygen atoms in total. The van der Waals surface area contributed by atoms with E-state index in [4.69, 9.17) is 9.84 Å². The molecule has 1 saturated heterocycles. The van der Waals surface area contributed by atoms with E-state index in [9.17, 15) is 14.7 Å². The van der Waals surface area contributed by atoms with Crippen LogP contribution in [0.15, 0.2) is 30.3 Å². The number of nitrogens with zero attached hydrogens (tertiary/aromatic N) is 1. The minimum Gasteiger partial charge on any atom is -0.480 e. The van der Waals surface area contributed by atoms with E-state index in [1.807, 2.05) is 30.3 Å². The number of hydrogen-bond donors (Lipinski definition) is 2. The fourth-order valence-electron chi connectivity index (χ4n) is 2.20. The van der Waals surface area contributed by atoms with E-state index in [1.54, 1.807) is 0 Å². The van der Waals surface area contributed by atoms with Crippen molar-refractivity contribution in [1.29, 1.82) is 0 Å². The van der Waals surface area contributed by atoms with Crippen LogP contribution in [0.3, 0.4) is 0 Å². The summed E-state index contributed by atoms with van der Waals surface area (Å²) in [5.74, 6) is -1.12. The second kappa shape index (κ2) is 6.38. The number of piperidine rings is 1. The van der Waals surface area contributed by atoms with Crippen molar-refractivity contribution in [3.8, 4) is 0 Å². The molecule has 1 heterocycles. The number of amides is 1. The number of rotatable bonds is 3. The highest BCUT2D eigenvalue weighted by Crippen LogP contribution is 2.19. The van der Waals surface area contributed by atoms with Gasteiger partial charge in [0.2, 0.25) is 0 Å². The van der Waals surface area contributed by atoms with Crippen LogP contribution in [-0.2, 0) is 16.1 Å². The van der Waals surface area contributed by atoms with Gasteiger partial charge in [0.1, 0.15) is 12.6 Å². The fourth-order valence-corrected chi connectivity index (χ4v) is 2.20. The Balaban J connectivity index is 1.95. The van der Waals surface area contributed by atoms with Crippen molar-refractivity contribution in [2.24, 2.45) is 0 Å². The summed E-state index contributed by atoms with van der Waals surface area (Å²) < 4.78 is 5.13.